The van der Waals surface area contributed by atoms with Crippen molar-refractivity contribution in [1.29, 1.82) is 5.26 Å². The Morgan fingerprint density at radius 3 is 2.73 bits per heavy atom. The van der Waals surface area contributed by atoms with Gasteiger partial charge in [0.15, 0.2) is 0 Å². The molecule has 0 saturated heterocycles. The van der Waals surface area contributed by atoms with E-state index in [4.69, 9.17) is 5.26 Å². The molecular formula is C11H10FNO2. The molecule has 78 valence electrons. The molecule has 0 atom stereocenters. The van der Waals surface area contributed by atoms with E-state index in [1.807, 2.05) is 0 Å². The van der Waals surface area contributed by atoms with Crippen molar-refractivity contribution in [2.75, 3.05) is 7.11 Å². The van der Waals surface area contributed by atoms with Gasteiger partial charge in [0, 0.05) is 0 Å². The molecule has 0 heterocycles. The second-order valence-electron chi connectivity index (χ2n) is 2.94. The van der Waals surface area contributed by atoms with Crippen LogP contribution in [0.25, 0.3) is 0 Å². The van der Waals surface area contributed by atoms with E-state index >= 15 is 0 Å². The van der Waals surface area contributed by atoms with Crippen LogP contribution in [0.2, 0.25) is 0 Å². The summed E-state index contributed by atoms with van der Waals surface area (Å²) in [6, 6.07) is 4.06. The number of carbonyl (C=O) groups is 1. The van der Waals surface area contributed by atoms with Crippen LogP contribution in [0.3, 0.4) is 0 Å². The molecule has 0 aromatic heterocycles. The average molecular weight is 207 g/mol. The van der Waals surface area contributed by atoms with Crippen molar-refractivity contribution in [1.82, 2.24) is 0 Å². The number of hydrogen-bond acceptors (Lipinski definition) is 3. The summed E-state index contributed by atoms with van der Waals surface area (Å²) >= 11 is 0. The highest BCUT2D eigenvalue weighted by atomic mass is 19.1. The summed E-state index contributed by atoms with van der Waals surface area (Å²) in [5.41, 5.74) is 0.654. The van der Waals surface area contributed by atoms with Crippen molar-refractivity contribution in [3.05, 3.63) is 34.6 Å². The molecule has 1 aromatic carbocycles. The minimum atomic E-state index is -0.608. The Labute approximate surface area is 87.1 Å². The van der Waals surface area contributed by atoms with Crippen LogP contribution in [0.4, 0.5) is 4.39 Å². The third kappa shape index (κ3) is 2.13. The predicted molar refractivity (Wildman–Crippen MR) is 51.8 cm³/mol. The van der Waals surface area contributed by atoms with Gasteiger partial charge >= 0.3 is 5.97 Å². The number of halogens is 1. The highest BCUT2D eigenvalue weighted by Crippen LogP contribution is 2.18. The van der Waals surface area contributed by atoms with Gasteiger partial charge in [-0.3, -0.25) is 0 Å². The zero-order valence-corrected chi connectivity index (χ0v) is 8.50. The number of rotatable bonds is 2. The van der Waals surface area contributed by atoms with Gasteiger partial charge in [0.1, 0.15) is 11.9 Å². The number of hydrogen-bond donors (Lipinski definition) is 0. The lowest BCUT2D eigenvalue weighted by molar-refractivity contribution is 0.0599. The molecule has 0 saturated carbocycles. The lowest BCUT2D eigenvalue weighted by atomic mass is 9.99. The first-order valence-electron chi connectivity index (χ1n) is 4.44. The SMILES string of the molecule is CCc1cc(F)cc(C#N)c1C(=O)OC. The zero-order chi connectivity index (χ0) is 11.4. The topological polar surface area (TPSA) is 50.1 Å². The molecule has 4 heteroatoms. The molecule has 0 N–H and O–H groups in total. The Morgan fingerprint density at radius 2 is 2.27 bits per heavy atom. The largest absolute Gasteiger partial charge is 0.465 e. The Morgan fingerprint density at radius 1 is 1.60 bits per heavy atom. The fourth-order valence-electron chi connectivity index (χ4n) is 1.37. The molecule has 0 aliphatic rings. The molecule has 0 unspecified atom stereocenters. The standard InChI is InChI=1S/C11H10FNO2/c1-3-7-4-9(12)5-8(6-13)10(7)11(14)15-2/h4-5H,3H2,1-2H3. The van der Waals surface area contributed by atoms with Crippen molar-refractivity contribution < 1.29 is 13.9 Å². The summed E-state index contributed by atoms with van der Waals surface area (Å²) in [5, 5.41) is 8.78. The Balaban J connectivity index is 3.45. The maximum absolute atomic E-state index is 13.0. The quantitative estimate of drug-likeness (QED) is 0.697. The van der Waals surface area contributed by atoms with Gasteiger partial charge in [-0.2, -0.15) is 5.26 Å². The monoisotopic (exact) mass is 207 g/mol. The Hall–Kier alpha value is -1.89. The van der Waals surface area contributed by atoms with Crippen LogP contribution < -0.4 is 0 Å². The van der Waals surface area contributed by atoms with E-state index in [0.29, 0.717) is 12.0 Å². The second kappa shape index (κ2) is 4.56. The second-order valence-corrected chi connectivity index (χ2v) is 2.94. The van der Waals surface area contributed by atoms with Gasteiger partial charge in [0.2, 0.25) is 0 Å². The van der Waals surface area contributed by atoms with E-state index in [9.17, 15) is 9.18 Å². The molecule has 0 aliphatic heterocycles. The number of benzene rings is 1. The molecule has 0 fully saturated rings. The van der Waals surface area contributed by atoms with E-state index in [2.05, 4.69) is 4.74 Å². The number of carbonyl (C=O) groups excluding carboxylic acids is 1. The molecule has 0 spiro atoms. The molecule has 15 heavy (non-hydrogen) atoms. The van der Waals surface area contributed by atoms with Crippen molar-refractivity contribution in [3.63, 3.8) is 0 Å². The lowest BCUT2D eigenvalue weighted by Gasteiger charge is -2.07. The Kier molecular flexibility index (Phi) is 3.40. The first kappa shape index (κ1) is 11.2. The van der Waals surface area contributed by atoms with Crippen LogP contribution in [-0.2, 0) is 11.2 Å². The van der Waals surface area contributed by atoms with E-state index in [-0.39, 0.29) is 11.1 Å². The third-order valence-corrected chi connectivity index (χ3v) is 2.08. The molecule has 1 rings (SSSR count). The summed E-state index contributed by atoms with van der Waals surface area (Å²) in [4.78, 5) is 11.4. The number of nitrogens with zero attached hydrogens (tertiary/aromatic N) is 1. The summed E-state index contributed by atoms with van der Waals surface area (Å²) in [6.07, 6.45) is 0.469. The molecule has 0 bridgehead atoms. The van der Waals surface area contributed by atoms with Gasteiger partial charge in [0.05, 0.1) is 18.2 Å². The van der Waals surface area contributed by atoms with Crippen molar-refractivity contribution >= 4 is 5.97 Å². The summed E-state index contributed by atoms with van der Waals surface area (Å²) < 4.78 is 17.6. The summed E-state index contributed by atoms with van der Waals surface area (Å²) in [6.45, 7) is 1.78. The molecule has 0 amide bonds. The number of esters is 1. The van der Waals surface area contributed by atoms with E-state index in [1.54, 1.807) is 13.0 Å². The highest BCUT2D eigenvalue weighted by molar-refractivity contribution is 5.93. The average Bonchev–Trinajstić information content (AvgIpc) is 2.26. The fraction of sp³-hybridized carbons (Fsp3) is 0.273. The van der Waals surface area contributed by atoms with Gasteiger partial charge in [-0.05, 0) is 24.1 Å². The van der Waals surface area contributed by atoms with Crippen LogP contribution in [0.1, 0.15) is 28.4 Å². The van der Waals surface area contributed by atoms with Gasteiger partial charge in [-0.25, -0.2) is 9.18 Å². The minimum Gasteiger partial charge on any atom is -0.465 e. The normalized spacial score (nSPS) is 9.47. The van der Waals surface area contributed by atoms with Crippen LogP contribution in [-0.4, -0.2) is 13.1 Å². The number of ether oxygens (including phenoxy) is 1. The smallest absolute Gasteiger partial charge is 0.339 e. The summed E-state index contributed by atoms with van der Waals surface area (Å²) in [7, 11) is 1.23. The number of methoxy groups -OCH3 is 1. The van der Waals surface area contributed by atoms with E-state index < -0.39 is 11.8 Å². The maximum atomic E-state index is 13.0. The van der Waals surface area contributed by atoms with Gasteiger partial charge < -0.3 is 4.74 Å². The van der Waals surface area contributed by atoms with Crippen LogP contribution in [0, 0.1) is 17.1 Å². The first-order chi connectivity index (χ1) is 7.13. The molecule has 0 aliphatic carbocycles. The van der Waals surface area contributed by atoms with Crippen LogP contribution in [0.5, 0.6) is 0 Å². The predicted octanol–water partition coefficient (Wildman–Crippen LogP) is 2.05. The minimum absolute atomic E-state index is 0.0127. The number of aryl methyl sites for hydroxylation is 1. The number of nitriles is 1. The van der Waals surface area contributed by atoms with Gasteiger partial charge in [-0.1, -0.05) is 6.92 Å². The van der Waals surface area contributed by atoms with Crippen LogP contribution >= 0.6 is 0 Å². The summed E-state index contributed by atoms with van der Waals surface area (Å²) in [5.74, 6) is -1.13. The van der Waals surface area contributed by atoms with Crippen molar-refractivity contribution in [2.24, 2.45) is 0 Å². The van der Waals surface area contributed by atoms with Crippen molar-refractivity contribution in [2.45, 2.75) is 13.3 Å². The first-order valence-corrected chi connectivity index (χ1v) is 4.44. The molecular weight excluding hydrogens is 197 g/mol. The molecule has 0 radical (unpaired) electrons. The molecule has 3 nitrogen and oxygen atoms in total. The van der Waals surface area contributed by atoms with Gasteiger partial charge in [-0.15, -0.1) is 0 Å². The maximum Gasteiger partial charge on any atom is 0.339 e. The zero-order valence-electron chi connectivity index (χ0n) is 8.50. The fourth-order valence-corrected chi connectivity index (χ4v) is 1.37. The third-order valence-electron chi connectivity index (χ3n) is 2.08. The Bertz CT molecular complexity index is 435. The highest BCUT2D eigenvalue weighted by Gasteiger charge is 2.17. The lowest BCUT2D eigenvalue weighted by Crippen LogP contribution is -2.09. The molecule has 1 aromatic rings. The van der Waals surface area contributed by atoms with E-state index in [1.165, 1.54) is 13.2 Å². The van der Waals surface area contributed by atoms with E-state index in [0.717, 1.165) is 6.07 Å². The van der Waals surface area contributed by atoms with Crippen LogP contribution in [0.15, 0.2) is 12.1 Å². The van der Waals surface area contributed by atoms with Crippen molar-refractivity contribution in [3.8, 4) is 6.07 Å². The van der Waals surface area contributed by atoms with Gasteiger partial charge in [0.25, 0.3) is 0 Å².